The molecule has 0 aliphatic heterocycles. The Morgan fingerprint density at radius 3 is 2.44 bits per heavy atom. The van der Waals surface area contributed by atoms with Crippen LogP contribution in [-0.2, 0) is 22.9 Å². The van der Waals surface area contributed by atoms with Crippen LogP contribution >= 0.6 is 0 Å². The summed E-state index contributed by atoms with van der Waals surface area (Å²) in [6.07, 6.45) is 6.40. The van der Waals surface area contributed by atoms with Crippen molar-refractivity contribution in [1.29, 1.82) is 0 Å². The second-order valence-electron chi connectivity index (χ2n) is 6.33. The summed E-state index contributed by atoms with van der Waals surface area (Å²) in [7, 11) is -3.65. The zero-order valence-electron chi connectivity index (χ0n) is 14.5. The zero-order chi connectivity index (χ0) is 17.7. The van der Waals surface area contributed by atoms with Gasteiger partial charge in [0.1, 0.15) is 5.82 Å². The molecule has 134 valence electrons. The van der Waals surface area contributed by atoms with Crippen molar-refractivity contribution in [2.75, 3.05) is 16.6 Å². The molecule has 25 heavy (non-hydrogen) atoms. The van der Waals surface area contributed by atoms with Gasteiger partial charge in [0.15, 0.2) is 5.82 Å². The molecule has 0 fully saturated rings. The van der Waals surface area contributed by atoms with E-state index in [0.29, 0.717) is 5.82 Å². The number of unbranched alkanes of at least 4 members (excludes halogenated alkanes) is 1. The highest BCUT2D eigenvalue weighted by Crippen LogP contribution is 2.25. The molecule has 0 atom stereocenters. The van der Waals surface area contributed by atoms with Crippen molar-refractivity contribution in [3.05, 3.63) is 41.5 Å². The second-order valence-corrected chi connectivity index (χ2v) is 8.01. The molecular weight excluding hydrogens is 336 g/mol. The lowest BCUT2D eigenvalue weighted by molar-refractivity contribution is 0.600. The van der Waals surface area contributed by atoms with Gasteiger partial charge in [0.2, 0.25) is 0 Å². The molecular formula is C18H24N4O2S. The maximum Gasteiger partial charge on any atom is 0.263 e. The van der Waals surface area contributed by atoms with E-state index >= 15 is 0 Å². The van der Waals surface area contributed by atoms with E-state index in [1.54, 1.807) is 24.3 Å². The summed E-state index contributed by atoms with van der Waals surface area (Å²) >= 11 is 0. The molecule has 0 saturated carbocycles. The molecule has 0 spiro atoms. The molecule has 1 aliphatic carbocycles. The minimum absolute atomic E-state index is 0.221. The molecule has 0 bridgehead atoms. The molecule has 3 rings (SSSR count). The van der Waals surface area contributed by atoms with E-state index in [1.807, 2.05) is 6.07 Å². The standard InChI is InChI=1S/C18H24N4O2S/c1-2-3-12-19-17-10-11-18(21-20-17)22-25(23,24)16-9-8-14-6-4-5-7-15(14)13-16/h8-11,13H,2-7,12H2,1H3,(H,19,20)(H,21,22). The van der Waals surface area contributed by atoms with Crippen molar-refractivity contribution in [1.82, 2.24) is 10.2 Å². The number of nitrogens with zero attached hydrogens (tertiary/aromatic N) is 2. The van der Waals surface area contributed by atoms with Gasteiger partial charge in [-0.05, 0) is 67.5 Å². The first kappa shape index (κ1) is 17.7. The molecule has 1 aliphatic rings. The Bertz CT molecular complexity index is 819. The van der Waals surface area contributed by atoms with E-state index in [4.69, 9.17) is 0 Å². The van der Waals surface area contributed by atoms with E-state index in [1.165, 1.54) is 12.0 Å². The lowest BCUT2D eigenvalue weighted by atomic mass is 9.92. The van der Waals surface area contributed by atoms with Gasteiger partial charge in [0.05, 0.1) is 4.90 Å². The van der Waals surface area contributed by atoms with Crippen LogP contribution in [0.15, 0.2) is 35.2 Å². The maximum absolute atomic E-state index is 12.6. The summed E-state index contributed by atoms with van der Waals surface area (Å²) in [5.74, 6) is 0.865. The first-order valence-electron chi connectivity index (χ1n) is 8.81. The third-order valence-corrected chi connectivity index (χ3v) is 5.72. The summed E-state index contributed by atoms with van der Waals surface area (Å²) in [4.78, 5) is 0.278. The van der Waals surface area contributed by atoms with Crippen molar-refractivity contribution < 1.29 is 8.42 Å². The Hall–Kier alpha value is -2.15. The van der Waals surface area contributed by atoms with E-state index in [2.05, 4.69) is 27.2 Å². The van der Waals surface area contributed by atoms with Crippen molar-refractivity contribution in [2.45, 2.75) is 50.3 Å². The van der Waals surface area contributed by atoms with Crippen LogP contribution in [0.4, 0.5) is 11.6 Å². The van der Waals surface area contributed by atoms with Crippen molar-refractivity contribution in [3.63, 3.8) is 0 Å². The molecule has 1 aromatic carbocycles. The third-order valence-electron chi connectivity index (χ3n) is 4.37. The number of nitrogens with one attached hydrogen (secondary N) is 2. The second kappa shape index (κ2) is 7.82. The summed E-state index contributed by atoms with van der Waals surface area (Å²) in [6.45, 7) is 2.94. The highest BCUT2D eigenvalue weighted by Gasteiger charge is 2.18. The molecule has 7 heteroatoms. The van der Waals surface area contributed by atoms with Gasteiger partial charge in [-0.1, -0.05) is 19.4 Å². The Balaban J connectivity index is 1.71. The van der Waals surface area contributed by atoms with Crippen molar-refractivity contribution in [2.24, 2.45) is 0 Å². The van der Waals surface area contributed by atoms with Crippen LogP contribution in [0.3, 0.4) is 0 Å². The molecule has 1 heterocycles. The number of anilines is 2. The van der Waals surface area contributed by atoms with Gasteiger partial charge < -0.3 is 5.32 Å². The number of aromatic nitrogens is 2. The van der Waals surface area contributed by atoms with Crippen LogP contribution in [0.5, 0.6) is 0 Å². The number of hydrogen-bond acceptors (Lipinski definition) is 5. The van der Waals surface area contributed by atoms with Crippen molar-refractivity contribution >= 4 is 21.7 Å². The topological polar surface area (TPSA) is 84.0 Å². The van der Waals surface area contributed by atoms with E-state index in [-0.39, 0.29) is 10.7 Å². The molecule has 0 amide bonds. The van der Waals surface area contributed by atoms with Crippen LogP contribution in [-0.4, -0.2) is 25.2 Å². The largest absolute Gasteiger partial charge is 0.369 e. The first-order chi connectivity index (χ1) is 12.1. The summed E-state index contributed by atoms with van der Waals surface area (Å²) in [5.41, 5.74) is 2.39. The lowest BCUT2D eigenvalue weighted by Gasteiger charge is -2.16. The third kappa shape index (κ3) is 4.48. The fraction of sp³-hybridized carbons (Fsp3) is 0.444. The van der Waals surface area contributed by atoms with Crippen molar-refractivity contribution in [3.8, 4) is 0 Å². The number of hydrogen-bond donors (Lipinski definition) is 2. The fourth-order valence-electron chi connectivity index (χ4n) is 2.95. The minimum atomic E-state index is -3.65. The summed E-state index contributed by atoms with van der Waals surface area (Å²) < 4.78 is 27.7. The van der Waals surface area contributed by atoms with Gasteiger partial charge in [-0.2, -0.15) is 0 Å². The summed E-state index contributed by atoms with van der Waals surface area (Å²) in [5, 5.41) is 11.1. The summed E-state index contributed by atoms with van der Waals surface area (Å²) in [6, 6.07) is 8.73. The predicted octanol–water partition coefficient (Wildman–Crippen LogP) is 3.37. The van der Waals surface area contributed by atoms with Crippen LogP contribution in [0.25, 0.3) is 0 Å². The highest BCUT2D eigenvalue weighted by molar-refractivity contribution is 7.92. The molecule has 0 radical (unpaired) electrons. The van der Waals surface area contributed by atoms with Crippen LogP contribution in [0, 0.1) is 0 Å². The number of fused-ring (bicyclic) bond motifs is 1. The zero-order valence-corrected chi connectivity index (χ0v) is 15.3. The van der Waals surface area contributed by atoms with E-state index in [9.17, 15) is 8.42 Å². The molecule has 6 nitrogen and oxygen atoms in total. The average molecular weight is 360 g/mol. The Kier molecular flexibility index (Phi) is 5.53. The van der Waals surface area contributed by atoms with Gasteiger partial charge in [0, 0.05) is 6.54 Å². The molecule has 2 N–H and O–H groups in total. The number of rotatable bonds is 7. The van der Waals surface area contributed by atoms with E-state index in [0.717, 1.165) is 44.2 Å². The molecule has 1 aromatic heterocycles. The molecule has 0 unspecified atom stereocenters. The minimum Gasteiger partial charge on any atom is -0.369 e. The SMILES string of the molecule is CCCCNc1ccc(NS(=O)(=O)c2ccc3c(c2)CCCC3)nn1. The molecule has 2 aromatic rings. The fourth-order valence-corrected chi connectivity index (χ4v) is 3.99. The highest BCUT2D eigenvalue weighted by atomic mass is 32.2. The average Bonchev–Trinajstić information content (AvgIpc) is 2.63. The van der Waals surface area contributed by atoms with Crippen LogP contribution in [0.2, 0.25) is 0 Å². The maximum atomic E-state index is 12.6. The normalized spacial score (nSPS) is 14.0. The monoisotopic (exact) mass is 360 g/mol. The van der Waals surface area contributed by atoms with Crippen LogP contribution < -0.4 is 10.0 Å². The van der Waals surface area contributed by atoms with Gasteiger partial charge in [0.25, 0.3) is 10.0 Å². The van der Waals surface area contributed by atoms with Gasteiger partial charge in [-0.25, -0.2) is 8.42 Å². The number of benzene rings is 1. The number of sulfonamides is 1. The quantitative estimate of drug-likeness (QED) is 0.740. The Morgan fingerprint density at radius 1 is 1.00 bits per heavy atom. The molecule has 0 saturated heterocycles. The Labute approximate surface area is 149 Å². The Morgan fingerprint density at radius 2 is 1.72 bits per heavy atom. The lowest BCUT2D eigenvalue weighted by Crippen LogP contribution is -2.16. The van der Waals surface area contributed by atoms with Gasteiger partial charge >= 0.3 is 0 Å². The van der Waals surface area contributed by atoms with E-state index < -0.39 is 10.0 Å². The smallest absolute Gasteiger partial charge is 0.263 e. The number of aryl methyl sites for hydroxylation is 2. The first-order valence-corrected chi connectivity index (χ1v) is 10.3. The van der Waals surface area contributed by atoms with Crippen LogP contribution in [0.1, 0.15) is 43.7 Å². The van der Waals surface area contributed by atoms with Gasteiger partial charge in [-0.15, -0.1) is 10.2 Å². The van der Waals surface area contributed by atoms with Gasteiger partial charge in [-0.3, -0.25) is 4.72 Å². The predicted molar refractivity (Wildman–Crippen MR) is 99.3 cm³/mol.